The van der Waals surface area contributed by atoms with Crippen molar-refractivity contribution < 1.29 is 9.18 Å². The number of rotatable bonds is 6. The van der Waals surface area contributed by atoms with Crippen LogP contribution in [0.1, 0.15) is 29.4 Å². The molecule has 3 aromatic rings. The summed E-state index contributed by atoms with van der Waals surface area (Å²) in [6.07, 6.45) is 2.30. The lowest BCUT2D eigenvalue weighted by Gasteiger charge is -2.15. The van der Waals surface area contributed by atoms with Gasteiger partial charge in [0.25, 0.3) is 0 Å². The van der Waals surface area contributed by atoms with E-state index < -0.39 is 0 Å². The Morgan fingerprint density at radius 2 is 2.15 bits per heavy atom. The lowest BCUT2D eigenvalue weighted by atomic mass is 10.2. The fourth-order valence-corrected chi connectivity index (χ4v) is 2.88. The number of halogens is 1. The second-order valence-corrected chi connectivity index (χ2v) is 6.71. The number of benzene rings is 1. The number of hydrogen-bond acceptors (Lipinski definition) is 3. The highest BCUT2D eigenvalue weighted by Crippen LogP contribution is 2.16. The number of amides is 2. The predicted molar refractivity (Wildman–Crippen MR) is 101 cm³/mol. The normalized spacial score (nSPS) is 12.0. The largest absolute Gasteiger partial charge is 0.335 e. The fraction of sp³-hybridized carbons (Fsp3) is 0.316. The lowest BCUT2D eigenvalue weighted by Crippen LogP contribution is -2.38. The van der Waals surface area contributed by atoms with Gasteiger partial charge in [0, 0.05) is 23.7 Å². The van der Waals surface area contributed by atoms with E-state index >= 15 is 0 Å². The molecule has 7 nitrogen and oxygen atoms in total. The van der Waals surface area contributed by atoms with Crippen molar-refractivity contribution in [3.8, 4) is 0 Å². The molecule has 0 spiro atoms. The van der Waals surface area contributed by atoms with E-state index in [1.807, 2.05) is 32.9 Å². The molecule has 0 radical (unpaired) electrons. The lowest BCUT2D eigenvalue weighted by molar-refractivity contribution is 0.249. The third-order valence-electron chi connectivity index (χ3n) is 4.13. The van der Waals surface area contributed by atoms with Crippen LogP contribution >= 0.6 is 0 Å². The van der Waals surface area contributed by atoms with E-state index in [9.17, 15) is 9.18 Å². The highest BCUT2D eigenvalue weighted by Gasteiger charge is 2.14. The minimum atomic E-state index is -0.321. The van der Waals surface area contributed by atoms with Gasteiger partial charge in [0.05, 0.1) is 18.4 Å². The molecule has 2 amide bonds. The molecule has 0 fully saturated rings. The Kier molecular flexibility index (Phi) is 5.54. The van der Waals surface area contributed by atoms with Crippen molar-refractivity contribution in [2.45, 2.75) is 39.8 Å². The number of hydrogen-bond donors (Lipinski definition) is 3. The number of aromatic amines is 1. The molecule has 0 aliphatic rings. The van der Waals surface area contributed by atoms with E-state index in [1.165, 1.54) is 12.1 Å². The van der Waals surface area contributed by atoms with Crippen molar-refractivity contribution in [1.29, 1.82) is 0 Å². The molecule has 3 rings (SSSR count). The van der Waals surface area contributed by atoms with E-state index in [2.05, 4.69) is 25.9 Å². The molecule has 8 heteroatoms. The number of urea groups is 1. The SMILES string of the molecule is Cc1cc(CC(C)NC(=O)Nc2c(C)cnn2Cc2cccc(F)c2)n[nH]1. The van der Waals surface area contributed by atoms with Crippen LogP contribution in [0.15, 0.2) is 36.5 Å². The molecule has 142 valence electrons. The highest BCUT2D eigenvalue weighted by molar-refractivity contribution is 5.89. The Morgan fingerprint density at radius 3 is 2.85 bits per heavy atom. The molecule has 27 heavy (non-hydrogen) atoms. The van der Waals surface area contributed by atoms with Crippen LogP contribution in [0.25, 0.3) is 0 Å². The van der Waals surface area contributed by atoms with Crippen molar-refractivity contribution in [3.63, 3.8) is 0 Å². The van der Waals surface area contributed by atoms with Gasteiger partial charge in [0.2, 0.25) is 0 Å². The molecule has 1 aromatic carbocycles. The van der Waals surface area contributed by atoms with Crippen LogP contribution < -0.4 is 10.6 Å². The molecular formula is C19H23FN6O. The van der Waals surface area contributed by atoms with Gasteiger partial charge in [0.1, 0.15) is 11.6 Å². The number of aromatic nitrogens is 4. The van der Waals surface area contributed by atoms with Gasteiger partial charge in [-0.05, 0) is 44.5 Å². The van der Waals surface area contributed by atoms with Gasteiger partial charge in [-0.2, -0.15) is 10.2 Å². The van der Waals surface area contributed by atoms with Gasteiger partial charge < -0.3 is 5.32 Å². The Morgan fingerprint density at radius 1 is 1.33 bits per heavy atom. The summed E-state index contributed by atoms with van der Waals surface area (Å²) in [5, 5.41) is 17.1. The molecule has 1 atom stereocenters. The number of carbonyl (C=O) groups is 1. The molecular weight excluding hydrogens is 347 g/mol. The molecule has 3 N–H and O–H groups in total. The highest BCUT2D eigenvalue weighted by atomic mass is 19.1. The molecule has 2 heterocycles. The zero-order chi connectivity index (χ0) is 19.4. The number of nitrogens with zero attached hydrogens (tertiary/aromatic N) is 3. The van der Waals surface area contributed by atoms with Crippen LogP contribution in [0.3, 0.4) is 0 Å². The second kappa shape index (κ2) is 8.03. The third kappa shape index (κ3) is 4.93. The van der Waals surface area contributed by atoms with Crippen LogP contribution in [-0.4, -0.2) is 32.1 Å². The van der Waals surface area contributed by atoms with Gasteiger partial charge in [-0.25, -0.2) is 13.9 Å². The quantitative estimate of drug-likeness (QED) is 0.623. The average molecular weight is 370 g/mol. The van der Waals surface area contributed by atoms with Crippen molar-refractivity contribution >= 4 is 11.8 Å². The molecule has 0 saturated carbocycles. The number of aryl methyl sites for hydroxylation is 2. The zero-order valence-corrected chi connectivity index (χ0v) is 15.6. The summed E-state index contributed by atoms with van der Waals surface area (Å²) in [4.78, 5) is 12.4. The van der Waals surface area contributed by atoms with Crippen molar-refractivity contribution in [1.82, 2.24) is 25.3 Å². The maximum Gasteiger partial charge on any atom is 0.320 e. The summed E-state index contributed by atoms with van der Waals surface area (Å²) in [5.74, 6) is 0.283. The van der Waals surface area contributed by atoms with E-state index in [4.69, 9.17) is 0 Å². The third-order valence-corrected chi connectivity index (χ3v) is 4.13. The number of anilines is 1. The summed E-state index contributed by atoms with van der Waals surface area (Å²) in [7, 11) is 0. The summed E-state index contributed by atoms with van der Waals surface area (Å²) >= 11 is 0. The minimum Gasteiger partial charge on any atom is -0.335 e. The van der Waals surface area contributed by atoms with E-state index in [1.54, 1.807) is 16.9 Å². The van der Waals surface area contributed by atoms with Crippen LogP contribution in [-0.2, 0) is 13.0 Å². The van der Waals surface area contributed by atoms with E-state index in [-0.39, 0.29) is 17.9 Å². The Bertz CT molecular complexity index is 932. The molecule has 0 bridgehead atoms. The summed E-state index contributed by atoms with van der Waals surface area (Å²) in [6.45, 7) is 6.08. The Labute approximate surface area is 157 Å². The van der Waals surface area contributed by atoms with Crippen molar-refractivity contribution in [2.75, 3.05) is 5.32 Å². The monoisotopic (exact) mass is 370 g/mol. The van der Waals surface area contributed by atoms with Crippen LogP contribution in [0.4, 0.5) is 15.0 Å². The first-order valence-corrected chi connectivity index (χ1v) is 8.76. The number of H-pyrrole nitrogens is 1. The van der Waals surface area contributed by atoms with Gasteiger partial charge in [0.15, 0.2) is 0 Å². The van der Waals surface area contributed by atoms with Gasteiger partial charge in [-0.3, -0.25) is 10.4 Å². The molecule has 2 aromatic heterocycles. The van der Waals surface area contributed by atoms with Gasteiger partial charge in [-0.1, -0.05) is 12.1 Å². The molecule has 0 aliphatic heterocycles. The summed E-state index contributed by atoms with van der Waals surface area (Å²) < 4.78 is 15.0. The van der Waals surface area contributed by atoms with Crippen LogP contribution in [0, 0.1) is 19.7 Å². The maximum atomic E-state index is 13.4. The molecule has 1 unspecified atom stereocenters. The second-order valence-electron chi connectivity index (χ2n) is 6.71. The van der Waals surface area contributed by atoms with Crippen LogP contribution in [0.2, 0.25) is 0 Å². The number of carbonyl (C=O) groups excluding carboxylic acids is 1. The molecule has 0 aliphatic carbocycles. The zero-order valence-electron chi connectivity index (χ0n) is 15.6. The van der Waals surface area contributed by atoms with Gasteiger partial charge in [-0.15, -0.1) is 0 Å². The minimum absolute atomic E-state index is 0.0902. The first kappa shape index (κ1) is 18.6. The topological polar surface area (TPSA) is 87.6 Å². The maximum absolute atomic E-state index is 13.4. The summed E-state index contributed by atoms with van der Waals surface area (Å²) in [6, 6.07) is 7.86. The van der Waals surface area contributed by atoms with Crippen LogP contribution in [0.5, 0.6) is 0 Å². The van der Waals surface area contributed by atoms with Crippen molar-refractivity contribution in [2.24, 2.45) is 0 Å². The number of nitrogens with one attached hydrogen (secondary N) is 3. The smallest absolute Gasteiger partial charge is 0.320 e. The van der Waals surface area contributed by atoms with Crippen molar-refractivity contribution in [3.05, 3.63) is 64.9 Å². The average Bonchev–Trinajstić information content (AvgIpc) is 3.14. The first-order chi connectivity index (χ1) is 12.9. The first-order valence-electron chi connectivity index (χ1n) is 8.76. The Hall–Kier alpha value is -3.16. The summed E-state index contributed by atoms with van der Waals surface area (Å²) in [5.41, 5.74) is 3.48. The fourth-order valence-electron chi connectivity index (χ4n) is 2.88. The van der Waals surface area contributed by atoms with E-state index in [0.717, 1.165) is 22.5 Å². The van der Waals surface area contributed by atoms with Gasteiger partial charge >= 0.3 is 6.03 Å². The predicted octanol–water partition coefficient (Wildman–Crippen LogP) is 3.16. The molecule has 0 saturated heterocycles. The Balaban J connectivity index is 1.62. The standard InChI is InChI=1S/C19H23FN6O/c1-12-10-21-26(11-15-5-4-6-16(20)9-15)18(12)23-19(27)22-13(2)7-17-8-14(3)24-25-17/h4-6,8-10,13H,7,11H2,1-3H3,(H,24,25)(H2,22,23,27). The van der Waals surface area contributed by atoms with E-state index in [0.29, 0.717) is 18.8 Å².